The Morgan fingerprint density at radius 3 is 2.76 bits per heavy atom. The van der Waals surface area contributed by atoms with E-state index in [1.807, 2.05) is 16.9 Å². The van der Waals surface area contributed by atoms with Crippen LogP contribution in [0, 0.1) is 5.92 Å². The summed E-state index contributed by atoms with van der Waals surface area (Å²) in [7, 11) is 0. The van der Waals surface area contributed by atoms with Gasteiger partial charge in [0.05, 0.1) is 11.8 Å². The fourth-order valence-corrected chi connectivity index (χ4v) is 2.26. The Balaban J connectivity index is 1.90. The topological polar surface area (TPSA) is 47.3 Å². The van der Waals surface area contributed by atoms with Gasteiger partial charge in [-0.25, -0.2) is 0 Å². The number of aromatic nitrogens is 2. The lowest BCUT2D eigenvalue weighted by Gasteiger charge is -2.26. The van der Waals surface area contributed by atoms with Gasteiger partial charge in [-0.15, -0.1) is 0 Å². The van der Waals surface area contributed by atoms with E-state index in [4.69, 9.17) is 4.74 Å². The van der Waals surface area contributed by atoms with Crippen LogP contribution in [0.5, 0.6) is 0 Å². The molecule has 96 valence electrons. The van der Waals surface area contributed by atoms with E-state index in [0.717, 1.165) is 31.7 Å². The van der Waals surface area contributed by atoms with Crippen LogP contribution in [0.2, 0.25) is 0 Å². The Bertz CT molecular complexity index is 343. The average molecular weight is 238 g/mol. The van der Waals surface area contributed by atoms with Crippen molar-refractivity contribution in [2.45, 2.75) is 45.3 Å². The molecule has 0 aliphatic carbocycles. The normalized spacial score (nSPS) is 19.8. The average Bonchev–Trinajstić information content (AvgIpc) is 2.79. The number of rotatable bonds is 4. The highest BCUT2D eigenvalue weighted by Crippen LogP contribution is 2.21. The molecule has 1 aliphatic heterocycles. The molecule has 4 nitrogen and oxygen atoms in total. The Kier molecular flexibility index (Phi) is 4.18. The number of aliphatic hydroxyl groups excluding tert-OH is 1. The van der Waals surface area contributed by atoms with Gasteiger partial charge in [0.25, 0.3) is 0 Å². The Morgan fingerprint density at radius 1 is 1.47 bits per heavy atom. The molecular formula is C13H22N2O2. The first-order valence-corrected chi connectivity index (χ1v) is 6.46. The fourth-order valence-electron chi connectivity index (χ4n) is 2.26. The van der Waals surface area contributed by atoms with Crippen LogP contribution < -0.4 is 0 Å². The maximum absolute atomic E-state index is 10.2. The molecule has 1 aliphatic rings. The molecule has 1 fully saturated rings. The summed E-state index contributed by atoms with van der Waals surface area (Å²) < 4.78 is 7.24. The van der Waals surface area contributed by atoms with E-state index in [-0.39, 0.29) is 6.10 Å². The minimum absolute atomic E-state index is 0.283. The van der Waals surface area contributed by atoms with Crippen molar-refractivity contribution in [3.8, 4) is 0 Å². The number of ether oxygens (including phenoxy) is 1. The predicted molar refractivity (Wildman–Crippen MR) is 65.9 cm³/mol. The SMILES string of the molecule is CC(C)n1ccc(CC(O)C2CCOCC2)n1. The summed E-state index contributed by atoms with van der Waals surface area (Å²) >= 11 is 0. The van der Waals surface area contributed by atoms with Gasteiger partial charge >= 0.3 is 0 Å². The molecule has 0 radical (unpaired) electrons. The van der Waals surface area contributed by atoms with E-state index < -0.39 is 0 Å². The van der Waals surface area contributed by atoms with Gasteiger partial charge in [0.15, 0.2) is 0 Å². The van der Waals surface area contributed by atoms with Gasteiger partial charge < -0.3 is 9.84 Å². The summed E-state index contributed by atoms with van der Waals surface area (Å²) in [5, 5.41) is 14.6. The quantitative estimate of drug-likeness (QED) is 0.870. The van der Waals surface area contributed by atoms with Gasteiger partial charge in [-0.3, -0.25) is 4.68 Å². The van der Waals surface area contributed by atoms with Gasteiger partial charge in [0.1, 0.15) is 0 Å². The smallest absolute Gasteiger partial charge is 0.0650 e. The zero-order chi connectivity index (χ0) is 12.3. The highest BCUT2D eigenvalue weighted by molar-refractivity contribution is 5.01. The van der Waals surface area contributed by atoms with Crippen LogP contribution in [0.3, 0.4) is 0 Å². The van der Waals surface area contributed by atoms with Crippen LogP contribution in [0.1, 0.15) is 38.4 Å². The van der Waals surface area contributed by atoms with Crippen molar-refractivity contribution >= 4 is 0 Å². The van der Waals surface area contributed by atoms with Crippen molar-refractivity contribution in [2.24, 2.45) is 5.92 Å². The van der Waals surface area contributed by atoms with Crippen LogP contribution in [-0.4, -0.2) is 34.2 Å². The first kappa shape index (κ1) is 12.6. The summed E-state index contributed by atoms with van der Waals surface area (Å²) in [6.45, 7) is 5.77. The molecule has 0 bridgehead atoms. The number of hydrogen-bond donors (Lipinski definition) is 1. The highest BCUT2D eigenvalue weighted by atomic mass is 16.5. The minimum atomic E-state index is -0.283. The molecule has 1 saturated heterocycles. The Morgan fingerprint density at radius 2 is 2.18 bits per heavy atom. The third kappa shape index (κ3) is 3.30. The molecule has 1 aromatic rings. The zero-order valence-electron chi connectivity index (χ0n) is 10.7. The molecule has 1 atom stereocenters. The lowest BCUT2D eigenvalue weighted by Crippen LogP contribution is -2.29. The van der Waals surface area contributed by atoms with Crippen molar-refractivity contribution in [1.29, 1.82) is 0 Å². The van der Waals surface area contributed by atoms with Crippen LogP contribution >= 0.6 is 0 Å². The summed E-state index contributed by atoms with van der Waals surface area (Å²) in [6.07, 6.45) is 4.29. The van der Waals surface area contributed by atoms with E-state index in [1.165, 1.54) is 0 Å². The Hall–Kier alpha value is -0.870. The maximum atomic E-state index is 10.2. The van der Waals surface area contributed by atoms with Gasteiger partial charge in [-0.05, 0) is 38.7 Å². The van der Waals surface area contributed by atoms with E-state index in [0.29, 0.717) is 18.4 Å². The van der Waals surface area contributed by atoms with Crippen LogP contribution in [0.15, 0.2) is 12.3 Å². The highest BCUT2D eigenvalue weighted by Gasteiger charge is 2.23. The molecule has 17 heavy (non-hydrogen) atoms. The van der Waals surface area contributed by atoms with E-state index in [1.54, 1.807) is 0 Å². The fraction of sp³-hybridized carbons (Fsp3) is 0.769. The second kappa shape index (κ2) is 5.65. The second-order valence-corrected chi connectivity index (χ2v) is 5.10. The summed E-state index contributed by atoms with van der Waals surface area (Å²) in [6, 6.07) is 2.38. The lowest BCUT2D eigenvalue weighted by atomic mass is 9.91. The summed E-state index contributed by atoms with van der Waals surface area (Å²) in [5.74, 6) is 0.368. The predicted octanol–water partition coefficient (Wildman–Crippen LogP) is 1.79. The lowest BCUT2D eigenvalue weighted by molar-refractivity contribution is 0.00800. The van der Waals surface area contributed by atoms with E-state index >= 15 is 0 Å². The number of aliphatic hydroxyl groups is 1. The van der Waals surface area contributed by atoms with Crippen molar-refractivity contribution in [2.75, 3.05) is 13.2 Å². The largest absolute Gasteiger partial charge is 0.392 e. The van der Waals surface area contributed by atoms with E-state index in [9.17, 15) is 5.11 Å². The zero-order valence-corrected chi connectivity index (χ0v) is 10.7. The van der Waals surface area contributed by atoms with Crippen LogP contribution in [0.25, 0.3) is 0 Å². The van der Waals surface area contributed by atoms with Gasteiger partial charge in [0, 0.05) is 31.9 Å². The molecule has 1 N–H and O–H groups in total. The molecule has 1 aromatic heterocycles. The molecule has 2 rings (SSSR count). The van der Waals surface area contributed by atoms with Gasteiger partial charge in [-0.1, -0.05) is 0 Å². The van der Waals surface area contributed by atoms with Crippen molar-refractivity contribution < 1.29 is 9.84 Å². The van der Waals surface area contributed by atoms with Crippen molar-refractivity contribution in [3.63, 3.8) is 0 Å². The summed E-state index contributed by atoms with van der Waals surface area (Å²) in [4.78, 5) is 0. The Labute approximate surface area is 103 Å². The number of hydrogen-bond acceptors (Lipinski definition) is 3. The van der Waals surface area contributed by atoms with Gasteiger partial charge in [-0.2, -0.15) is 5.10 Å². The molecule has 1 unspecified atom stereocenters. The van der Waals surface area contributed by atoms with Crippen LogP contribution in [0.4, 0.5) is 0 Å². The van der Waals surface area contributed by atoms with E-state index in [2.05, 4.69) is 18.9 Å². The molecule has 0 amide bonds. The van der Waals surface area contributed by atoms with Crippen molar-refractivity contribution in [3.05, 3.63) is 18.0 Å². The molecule has 2 heterocycles. The minimum Gasteiger partial charge on any atom is -0.392 e. The third-order valence-electron chi connectivity index (χ3n) is 3.42. The monoisotopic (exact) mass is 238 g/mol. The molecule has 0 saturated carbocycles. The van der Waals surface area contributed by atoms with Crippen LogP contribution in [-0.2, 0) is 11.2 Å². The molecule has 0 aromatic carbocycles. The molecule has 0 spiro atoms. The first-order chi connectivity index (χ1) is 8.16. The first-order valence-electron chi connectivity index (χ1n) is 6.46. The maximum Gasteiger partial charge on any atom is 0.0650 e. The standard InChI is InChI=1S/C13H22N2O2/c1-10(2)15-6-3-12(14-15)9-13(16)11-4-7-17-8-5-11/h3,6,10-11,13,16H,4-5,7-9H2,1-2H3. The molecular weight excluding hydrogens is 216 g/mol. The van der Waals surface area contributed by atoms with Gasteiger partial charge in [0.2, 0.25) is 0 Å². The third-order valence-corrected chi connectivity index (χ3v) is 3.42. The molecule has 4 heteroatoms. The second-order valence-electron chi connectivity index (χ2n) is 5.10. The van der Waals surface area contributed by atoms with Crippen molar-refractivity contribution in [1.82, 2.24) is 9.78 Å². The summed E-state index contributed by atoms with van der Waals surface area (Å²) in [5.41, 5.74) is 0.984. The number of nitrogens with zero attached hydrogens (tertiary/aromatic N) is 2.